The summed E-state index contributed by atoms with van der Waals surface area (Å²) >= 11 is 0. The number of rotatable bonds is 5. The summed E-state index contributed by atoms with van der Waals surface area (Å²) in [5.41, 5.74) is 3.50. The Bertz CT molecular complexity index is 1190. The van der Waals surface area contributed by atoms with E-state index < -0.39 is 15.8 Å². The molecule has 162 valence electrons. The van der Waals surface area contributed by atoms with Crippen molar-refractivity contribution in [3.63, 3.8) is 0 Å². The van der Waals surface area contributed by atoms with Crippen LogP contribution < -0.4 is 5.32 Å². The summed E-state index contributed by atoms with van der Waals surface area (Å²) in [5, 5.41) is 3.12. The highest BCUT2D eigenvalue weighted by molar-refractivity contribution is 7.89. The van der Waals surface area contributed by atoms with Gasteiger partial charge in [0, 0.05) is 17.9 Å². The van der Waals surface area contributed by atoms with Gasteiger partial charge in [-0.05, 0) is 69.5 Å². The van der Waals surface area contributed by atoms with E-state index in [1.807, 2.05) is 26.0 Å². The fourth-order valence-corrected chi connectivity index (χ4v) is 5.46. The van der Waals surface area contributed by atoms with E-state index in [1.165, 1.54) is 16.4 Å². The number of benzene rings is 1. The molecule has 1 N–H and O–H groups in total. The Morgan fingerprint density at radius 3 is 2.45 bits per heavy atom. The largest absolute Gasteiger partial charge is 0.323 e. The van der Waals surface area contributed by atoms with Gasteiger partial charge in [-0.25, -0.2) is 22.8 Å². The molecule has 7 nitrogen and oxygen atoms in total. The quantitative estimate of drug-likeness (QED) is 0.638. The number of nitrogens with zero attached hydrogens (tertiary/aromatic N) is 4. The van der Waals surface area contributed by atoms with Crippen molar-refractivity contribution in [3.8, 4) is 0 Å². The van der Waals surface area contributed by atoms with Crippen molar-refractivity contribution in [2.75, 3.05) is 11.9 Å². The van der Waals surface area contributed by atoms with E-state index in [0.717, 1.165) is 23.9 Å². The first-order valence-corrected chi connectivity index (χ1v) is 11.5. The van der Waals surface area contributed by atoms with Crippen LogP contribution in [-0.4, -0.2) is 34.2 Å². The molecule has 3 aromatic rings. The number of nitrogens with one attached hydrogen (secondary N) is 1. The van der Waals surface area contributed by atoms with Crippen LogP contribution >= 0.6 is 0 Å². The van der Waals surface area contributed by atoms with Crippen molar-refractivity contribution < 1.29 is 12.8 Å². The van der Waals surface area contributed by atoms with Gasteiger partial charge in [0.1, 0.15) is 5.82 Å². The summed E-state index contributed by atoms with van der Waals surface area (Å²) in [4.78, 5) is 13.2. The van der Waals surface area contributed by atoms with Gasteiger partial charge < -0.3 is 5.32 Å². The number of aryl methyl sites for hydroxylation is 3. The van der Waals surface area contributed by atoms with Gasteiger partial charge in [-0.1, -0.05) is 6.07 Å². The molecule has 2 aromatic heterocycles. The smallest absolute Gasteiger partial charge is 0.243 e. The van der Waals surface area contributed by atoms with E-state index in [0.29, 0.717) is 35.9 Å². The monoisotopic (exact) mass is 441 g/mol. The average Bonchev–Trinajstić information content (AvgIpc) is 3.20. The third-order valence-electron chi connectivity index (χ3n) is 5.32. The molecule has 0 spiro atoms. The maximum Gasteiger partial charge on any atom is 0.243 e. The highest BCUT2D eigenvalue weighted by atomic mass is 32.2. The van der Waals surface area contributed by atoms with Crippen LogP contribution in [0.4, 0.5) is 16.0 Å². The minimum absolute atomic E-state index is 0.0345. The Hall–Kier alpha value is -2.91. The number of halogens is 1. The SMILES string of the molecule is Cc1cc(C)nc(Nc2ccc([C@@H]3CCCN3S(=O)(=O)c3ccc(C)c(F)c3)nc2)n1. The van der Waals surface area contributed by atoms with Crippen molar-refractivity contribution in [1.82, 2.24) is 19.3 Å². The number of hydrogen-bond donors (Lipinski definition) is 1. The standard InChI is InChI=1S/C22H24FN5O2S/c1-14-6-8-18(12-19(14)23)31(29,30)28-10-4-5-21(28)20-9-7-17(13-24-20)27-22-25-15(2)11-16(3)26-22/h6-9,11-13,21H,4-5,10H2,1-3H3,(H,25,26,27)/t21-/m0/s1. The lowest BCUT2D eigenvalue weighted by Gasteiger charge is -2.24. The lowest BCUT2D eigenvalue weighted by Crippen LogP contribution is -2.31. The van der Waals surface area contributed by atoms with Crippen LogP contribution in [0.25, 0.3) is 0 Å². The van der Waals surface area contributed by atoms with E-state index >= 15 is 0 Å². The molecule has 1 atom stereocenters. The molecule has 4 rings (SSSR count). The fraction of sp³-hybridized carbons (Fsp3) is 0.318. The summed E-state index contributed by atoms with van der Waals surface area (Å²) in [6.45, 7) is 5.78. The first kappa shape index (κ1) is 21.3. The molecule has 0 bridgehead atoms. The normalized spacial score (nSPS) is 17.1. The Balaban J connectivity index is 1.56. The lowest BCUT2D eigenvalue weighted by atomic mass is 10.1. The van der Waals surface area contributed by atoms with Crippen molar-refractivity contribution in [1.29, 1.82) is 0 Å². The van der Waals surface area contributed by atoms with Gasteiger partial charge >= 0.3 is 0 Å². The summed E-state index contributed by atoms with van der Waals surface area (Å²) in [5.74, 6) is -0.0440. The number of hydrogen-bond acceptors (Lipinski definition) is 6. The minimum atomic E-state index is -3.83. The molecule has 1 aliphatic heterocycles. The molecule has 1 saturated heterocycles. The van der Waals surface area contributed by atoms with Crippen LogP contribution in [0.15, 0.2) is 47.5 Å². The van der Waals surface area contributed by atoms with E-state index in [9.17, 15) is 12.8 Å². The maximum atomic E-state index is 14.0. The number of anilines is 2. The van der Waals surface area contributed by atoms with Gasteiger partial charge in [0.05, 0.1) is 28.5 Å². The average molecular weight is 442 g/mol. The maximum absolute atomic E-state index is 14.0. The molecule has 1 aliphatic rings. The second kappa shape index (κ2) is 8.32. The predicted molar refractivity (Wildman–Crippen MR) is 116 cm³/mol. The van der Waals surface area contributed by atoms with Gasteiger partial charge in [-0.15, -0.1) is 0 Å². The molecular formula is C22H24FN5O2S. The first-order valence-electron chi connectivity index (χ1n) is 10.1. The van der Waals surface area contributed by atoms with Crippen LogP contribution in [-0.2, 0) is 10.0 Å². The van der Waals surface area contributed by atoms with Crippen LogP contribution in [0.1, 0.15) is 41.5 Å². The molecule has 0 radical (unpaired) electrons. The third-order valence-corrected chi connectivity index (χ3v) is 7.22. The van der Waals surface area contributed by atoms with E-state index in [1.54, 1.807) is 19.2 Å². The zero-order valence-corrected chi connectivity index (χ0v) is 18.4. The first-order chi connectivity index (χ1) is 14.7. The Labute approximate surface area is 181 Å². The molecule has 0 saturated carbocycles. The van der Waals surface area contributed by atoms with E-state index in [4.69, 9.17) is 0 Å². The second-order valence-electron chi connectivity index (χ2n) is 7.76. The molecule has 0 aliphatic carbocycles. The Kier molecular flexibility index (Phi) is 5.72. The molecule has 1 fully saturated rings. The van der Waals surface area contributed by atoms with Gasteiger partial charge in [0.15, 0.2) is 0 Å². The zero-order valence-electron chi connectivity index (χ0n) is 17.6. The second-order valence-corrected chi connectivity index (χ2v) is 9.65. The minimum Gasteiger partial charge on any atom is -0.323 e. The topological polar surface area (TPSA) is 88.1 Å². The van der Waals surface area contributed by atoms with E-state index in [2.05, 4.69) is 20.3 Å². The van der Waals surface area contributed by atoms with Crippen LogP contribution in [0, 0.1) is 26.6 Å². The molecule has 31 heavy (non-hydrogen) atoms. The highest BCUT2D eigenvalue weighted by Crippen LogP contribution is 2.36. The van der Waals surface area contributed by atoms with Gasteiger partial charge in [-0.2, -0.15) is 4.31 Å². The Morgan fingerprint density at radius 2 is 1.81 bits per heavy atom. The third kappa shape index (κ3) is 4.42. The van der Waals surface area contributed by atoms with Gasteiger partial charge in [0.2, 0.25) is 16.0 Å². The van der Waals surface area contributed by atoms with Crippen molar-refractivity contribution >= 4 is 21.7 Å². The van der Waals surface area contributed by atoms with Crippen LogP contribution in [0.3, 0.4) is 0 Å². The molecule has 3 heterocycles. The molecular weight excluding hydrogens is 417 g/mol. The van der Waals surface area contributed by atoms with Gasteiger partial charge in [0.25, 0.3) is 0 Å². The summed E-state index contributed by atoms with van der Waals surface area (Å²) in [6.07, 6.45) is 3.02. The van der Waals surface area contributed by atoms with Crippen LogP contribution in [0.2, 0.25) is 0 Å². The summed E-state index contributed by atoms with van der Waals surface area (Å²) in [6, 6.07) is 9.17. The van der Waals surface area contributed by atoms with Crippen molar-refractivity contribution in [3.05, 3.63) is 71.1 Å². The zero-order chi connectivity index (χ0) is 22.2. The van der Waals surface area contributed by atoms with Crippen LogP contribution in [0.5, 0.6) is 0 Å². The summed E-state index contributed by atoms with van der Waals surface area (Å²) in [7, 11) is -3.83. The Morgan fingerprint density at radius 1 is 1.06 bits per heavy atom. The molecule has 9 heteroatoms. The summed E-state index contributed by atoms with van der Waals surface area (Å²) < 4.78 is 41.7. The molecule has 1 aromatic carbocycles. The molecule has 0 amide bonds. The molecule has 0 unspecified atom stereocenters. The van der Waals surface area contributed by atoms with Crippen molar-refractivity contribution in [2.45, 2.75) is 44.6 Å². The van der Waals surface area contributed by atoms with Gasteiger partial charge in [-0.3, -0.25) is 4.98 Å². The number of aromatic nitrogens is 3. The number of pyridine rings is 1. The fourth-order valence-electron chi connectivity index (χ4n) is 3.78. The van der Waals surface area contributed by atoms with E-state index in [-0.39, 0.29) is 10.9 Å². The predicted octanol–water partition coefficient (Wildman–Crippen LogP) is 4.21. The highest BCUT2D eigenvalue weighted by Gasteiger charge is 2.37. The lowest BCUT2D eigenvalue weighted by molar-refractivity contribution is 0.390. The van der Waals surface area contributed by atoms with Crippen molar-refractivity contribution in [2.24, 2.45) is 0 Å². The number of sulfonamides is 1.